The third-order valence-electron chi connectivity index (χ3n) is 3.57. The summed E-state index contributed by atoms with van der Waals surface area (Å²) in [5.74, 6) is -0.438. The van der Waals surface area contributed by atoms with E-state index in [0.29, 0.717) is 11.4 Å². The fraction of sp³-hybridized carbons (Fsp3) is 0.312. The number of carbonyl (C=O) groups is 2. The van der Waals surface area contributed by atoms with E-state index in [2.05, 4.69) is 15.6 Å². The third kappa shape index (κ3) is 3.65. The van der Waals surface area contributed by atoms with Crippen LogP contribution in [0.1, 0.15) is 29.2 Å². The van der Waals surface area contributed by atoms with Crippen molar-refractivity contribution in [3.63, 3.8) is 0 Å². The van der Waals surface area contributed by atoms with Gasteiger partial charge in [-0.15, -0.1) is 22.7 Å². The van der Waals surface area contributed by atoms with E-state index >= 15 is 0 Å². The van der Waals surface area contributed by atoms with Crippen molar-refractivity contribution in [1.29, 1.82) is 0 Å². The van der Waals surface area contributed by atoms with Crippen LogP contribution in [-0.2, 0) is 11.3 Å². The van der Waals surface area contributed by atoms with Crippen LogP contribution >= 0.6 is 22.7 Å². The Labute approximate surface area is 147 Å². The maximum Gasteiger partial charge on any atom is 0.262 e. The van der Waals surface area contributed by atoms with Gasteiger partial charge in [0.05, 0.1) is 17.1 Å². The molecule has 8 heteroatoms. The van der Waals surface area contributed by atoms with Crippen LogP contribution in [0.15, 0.2) is 35.3 Å². The smallest absolute Gasteiger partial charge is 0.262 e. The van der Waals surface area contributed by atoms with Gasteiger partial charge in [-0.05, 0) is 17.4 Å². The minimum atomic E-state index is -0.580. The normalized spacial score (nSPS) is 12.5. The van der Waals surface area contributed by atoms with Crippen molar-refractivity contribution >= 4 is 39.4 Å². The number of hydrogen-bond acceptors (Lipinski definition) is 5. The van der Waals surface area contributed by atoms with E-state index in [9.17, 15) is 9.59 Å². The molecule has 126 valence electrons. The first kappa shape index (κ1) is 16.7. The number of imidazole rings is 1. The van der Waals surface area contributed by atoms with Crippen molar-refractivity contribution in [2.24, 2.45) is 5.92 Å². The van der Waals surface area contributed by atoms with Crippen LogP contribution in [0.2, 0.25) is 0 Å². The van der Waals surface area contributed by atoms with E-state index in [4.69, 9.17) is 0 Å². The monoisotopic (exact) mass is 362 g/mol. The number of nitrogens with zero attached hydrogens (tertiary/aromatic N) is 2. The highest BCUT2D eigenvalue weighted by Crippen LogP contribution is 2.12. The van der Waals surface area contributed by atoms with Crippen molar-refractivity contribution in [2.75, 3.05) is 0 Å². The minimum absolute atomic E-state index is 0.0144. The number of thiazole rings is 1. The van der Waals surface area contributed by atoms with E-state index in [-0.39, 0.29) is 17.7 Å². The van der Waals surface area contributed by atoms with Gasteiger partial charge in [0, 0.05) is 17.8 Å². The Bertz CT molecular complexity index is 807. The number of nitrogens with one attached hydrogen (secondary N) is 2. The average Bonchev–Trinajstić information content (AvgIpc) is 3.25. The molecular weight excluding hydrogens is 344 g/mol. The maximum atomic E-state index is 12.5. The highest BCUT2D eigenvalue weighted by atomic mass is 32.1. The molecule has 3 aromatic heterocycles. The molecule has 0 spiro atoms. The Morgan fingerprint density at radius 2 is 2.12 bits per heavy atom. The largest absolute Gasteiger partial charge is 0.349 e. The fourth-order valence-corrected chi connectivity index (χ4v) is 3.65. The highest BCUT2D eigenvalue weighted by Gasteiger charge is 2.25. The molecule has 0 radical (unpaired) electrons. The molecule has 0 saturated heterocycles. The van der Waals surface area contributed by atoms with Crippen molar-refractivity contribution in [3.8, 4) is 0 Å². The Morgan fingerprint density at radius 3 is 2.79 bits per heavy atom. The lowest BCUT2D eigenvalue weighted by Crippen LogP contribution is -2.49. The Kier molecular flexibility index (Phi) is 4.96. The standard InChI is InChI=1S/C16H18N4O2S2/c1-10(2)13(19-14(21)12-4-3-6-23-12)15(22)17-8-11-9-20-5-7-24-16(20)18-11/h3-7,9-10,13H,8H2,1-2H3,(H,17,22)(H,19,21). The SMILES string of the molecule is CC(C)C(NC(=O)c1cccs1)C(=O)NCc1cn2ccsc2n1. The van der Waals surface area contributed by atoms with Crippen LogP contribution in [0.25, 0.3) is 4.96 Å². The van der Waals surface area contributed by atoms with Crippen molar-refractivity contribution in [3.05, 3.63) is 45.9 Å². The van der Waals surface area contributed by atoms with Crippen molar-refractivity contribution in [2.45, 2.75) is 26.4 Å². The highest BCUT2D eigenvalue weighted by molar-refractivity contribution is 7.15. The average molecular weight is 362 g/mol. The molecule has 0 fully saturated rings. The van der Waals surface area contributed by atoms with E-state index in [1.165, 1.54) is 11.3 Å². The summed E-state index contributed by atoms with van der Waals surface area (Å²) in [6.07, 6.45) is 3.82. The van der Waals surface area contributed by atoms with Crippen molar-refractivity contribution in [1.82, 2.24) is 20.0 Å². The molecule has 0 saturated carbocycles. The van der Waals surface area contributed by atoms with Crippen molar-refractivity contribution < 1.29 is 9.59 Å². The summed E-state index contributed by atoms with van der Waals surface area (Å²) in [7, 11) is 0. The second-order valence-electron chi connectivity index (χ2n) is 5.72. The van der Waals surface area contributed by atoms with Crippen LogP contribution in [-0.4, -0.2) is 27.2 Å². The number of amides is 2. The molecule has 1 atom stereocenters. The van der Waals surface area contributed by atoms with Gasteiger partial charge in [0.2, 0.25) is 5.91 Å². The summed E-state index contributed by atoms with van der Waals surface area (Å²) in [6, 6.07) is 2.98. The molecule has 2 N–H and O–H groups in total. The number of thiophene rings is 1. The predicted molar refractivity (Wildman–Crippen MR) is 95.3 cm³/mol. The lowest BCUT2D eigenvalue weighted by Gasteiger charge is -2.21. The molecule has 0 aliphatic heterocycles. The Morgan fingerprint density at radius 1 is 1.29 bits per heavy atom. The third-order valence-corrected chi connectivity index (χ3v) is 5.21. The number of fused-ring (bicyclic) bond motifs is 1. The van der Waals surface area contributed by atoms with Crippen LogP contribution in [0.4, 0.5) is 0 Å². The number of hydrogen-bond donors (Lipinski definition) is 2. The molecule has 3 aromatic rings. The summed E-state index contributed by atoms with van der Waals surface area (Å²) >= 11 is 2.90. The maximum absolute atomic E-state index is 12.5. The zero-order chi connectivity index (χ0) is 17.1. The van der Waals surface area contributed by atoms with Crippen LogP contribution < -0.4 is 10.6 Å². The summed E-state index contributed by atoms with van der Waals surface area (Å²) in [4.78, 5) is 30.6. The van der Waals surface area contributed by atoms with Gasteiger partial charge in [-0.25, -0.2) is 4.98 Å². The van der Waals surface area contributed by atoms with E-state index in [0.717, 1.165) is 10.7 Å². The van der Waals surface area contributed by atoms with E-state index in [1.807, 2.05) is 47.5 Å². The zero-order valence-corrected chi connectivity index (χ0v) is 15.0. The van der Waals surface area contributed by atoms with E-state index < -0.39 is 6.04 Å². The summed E-state index contributed by atoms with van der Waals surface area (Å²) in [5, 5.41) is 9.47. The van der Waals surface area contributed by atoms with Gasteiger partial charge in [0.25, 0.3) is 5.91 Å². The first-order chi connectivity index (χ1) is 11.5. The second kappa shape index (κ2) is 7.14. The van der Waals surface area contributed by atoms with E-state index in [1.54, 1.807) is 17.4 Å². The first-order valence-corrected chi connectivity index (χ1v) is 9.33. The molecular formula is C16H18N4O2S2. The molecule has 0 aliphatic carbocycles. The van der Waals surface area contributed by atoms with Crippen LogP contribution in [0.3, 0.4) is 0 Å². The van der Waals surface area contributed by atoms with Gasteiger partial charge >= 0.3 is 0 Å². The number of rotatable bonds is 6. The van der Waals surface area contributed by atoms with Crippen LogP contribution in [0.5, 0.6) is 0 Å². The van der Waals surface area contributed by atoms with Gasteiger partial charge < -0.3 is 10.6 Å². The van der Waals surface area contributed by atoms with Gasteiger partial charge in [-0.3, -0.25) is 14.0 Å². The molecule has 1 unspecified atom stereocenters. The molecule has 3 rings (SSSR count). The Balaban J connectivity index is 1.61. The summed E-state index contributed by atoms with van der Waals surface area (Å²) in [6.45, 7) is 4.16. The number of aromatic nitrogens is 2. The molecule has 2 amide bonds. The number of carbonyl (C=O) groups excluding carboxylic acids is 2. The van der Waals surface area contributed by atoms with Gasteiger partial charge in [-0.1, -0.05) is 19.9 Å². The lowest BCUT2D eigenvalue weighted by atomic mass is 10.0. The first-order valence-electron chi connectivity index (χ1n) is 7.57. The minimum Gasteiger partial charge on any atom is -0.349 e. The summed E-state index contributed by atoms with van der Waals surface area (Å²) in [5.41, 5.74) is 0.794. The molecule has 0 bridgehead atoms. The van der Waals surface area contributed by atoms with Gasteiger partial charge in [-0.2, -0.15) is 0 Å². The topological polar surface area (TPSA) is 75.5 Å². The summed E-state index contributed by atoms with van der Waals surface area (Å²) < 4.78 is 1.92. The molecule has 3 heterocycles. The molecule has 0 aromatic carbocycles. The molecule has 6 nitrogen and oxygen atoms in total. The second-order valence-corrected chi connectivity index (χ2v) is 7.54. The lowest BCUT2D eigenvalue weighted by molar-refractivity contribution is -0.124. The molecule has 0 aliphatic rings. The Hall–Kier alpha value is -2.19. The predicted octanol–water partition coefficient (Wildman–Crippen LogP) is 2.53. The quantitative estimate of drug-likeness (QED) is 0.707. The van der Waals surface area contributed by atoms with Crippen LogP contribution in [0, 0.1) is 5.92 Å². The molecule has 24 heavy (non-hydrogen) atoms. The fourth-order valence-electron chi connectivity index (χ4n) is 2.30. The van der Waals surface area contributed by atoms with Gasteiger partial charge in [0.1, 0.15) is 6.04 Å². The zero-order valence-electron chi connectivity index (χ0n) is 13.4. The van der Waals surface area contributed by atoms with Gasteiger partial charge in [0.15, 0.2) is 4.96 Å².